The Morgan fingerprint density at radius 2 is 2.12 bits per heavy atom. The number of amides is 1. The van der Waals surface area contributed by atoms with E-state index in [-0.39, 0.29) is 11.7 Å². The van der Waals surface area contributed by atoms with Crippen LogP contribution >= 0.6 is 0 Å². The Kier molecular flexibility index (Phi) is 3.75. The SMILES string of the molecule is Cc1cc(C(=O)N(C)Cc2cc(C3CC3)n[nH]2)c2ccc(F)cc2n1. The predicted octanol–water partition coefficient (Wildman–Crippen LogP) is 3.56. The van der Waals surface area contributed by atoms with Crippen LogP contribution in [0, 0.1) is 12.7 Å². The van der Waals surface area contributed by atoms with E-state index in [2.05, 4.69) is 15.2 Å². The molecule has 0 unspecified atom stereocenters. The van der Waals surface area contributed by atoms with Gasteiger partial charge in [0.15, 0.2) is 0 Å². The number of aromatic amines is 1. The topological polar surface area (TPSA) is 61.9 Å². The number of nitrogens with zero attached hydrogens (tertiary/aromatic N) is 3. The average molecular weight is 338 g/mol. The van der Waals surface area contributed by atoms with Gasteiger partial charge in [-0.15, -0.1) is 0 Å². The molecule has 1 aromatic carbocycles. The van der Waals surface area contributed by atoms with E-state index in [1.165, 1.54) is 25.0 Å². The molecule has 2 aromatic heterocycles. The molecule has 5 nitrogen and oxygen atoms in total. The summed E-state index contributed by atoms with van der Waals surface area (Å²) in [6.07, 6.45) is 2.38. The van der Waals surface area contributed by atoms with Crippen molar-refractivity contribution in [2.24, 2.45) is 0 Å². The van der Waals surface area contributed by atoms with Crippen molar-refractivity contribution in [2.75, 3.05) is 7.05 Å². The van der Waals surface area contributed by atoms with Crippen molar-refractivity contribution in [3.8, 4) is 0 Å². The van der Waals surface area contributed by atoms with E-state index in [1.54, 1.807) is 31.0 Å². The summed E-state index contributed by atoms with van der Waals surface area (Å²) in [5.41, 5.74) is 3.71. The van der Waals surface area contributed by atoms with Gasteiger partial charge in [-0.2, -0.15) is 5.10 Å². The molecular formula is C19H19FN4O. The maximum Gasteiger partial charge on any atom is 0.254 e. The van der Waals surface area contributed by atoms with Gasteiger partial charge in [0.1, 0.15) is 5.82 Å². The number of hydrogen-bond donors (Lipinski definition) is 1. The smallest absolute Gasteiger partial charge is 0.254 e. The summed E-state index contributed by atoms with van der Waals surface area (Å²) in [5, 5.41) is 8.00. The maximum absolute atomic E-state index is 13.5. The quantitative estimate of drug-likeness (QED) is 0.791. The molecular weight excluding hydrogens is 319 g/mol. The molecule has 1 N–H and O–H groups in total. The fourth-order valence-corrected chi connectivity index (χ4v) is 3.09. The summed E-state index contributed by atoms with van der Waals surface area (Å²) in [5.74, 6) is 0.0970. The van der Waals surface area contributed by atoms with Gasteiger partial charge in [-0.05, 0) is 44.0 Å². The van der Waals surface area contributed by atoms with Crippen LogP contribution < -0.4 is 0 Å². The van der Waals surface area contributed by atoms with Crippen molar-refractivity contribution in [2.45, 2.75) is 32.2 Å². The number of carbonyl (C=O) groups excluding carboxylic acids is 1. The highest BCUT2D eigenvalue weighted by molar-refractivity contribution is 6.06. The summed E-state index contributed by atoms with van der Waals surface area (Å²) in [6.45, 7) is 2.25. The molecule has 0 radical (unpaired) electrons. The fourth-order valence-electron chi connectivity index (χ4n) is 3.09. The van der Waals surface area contributed by atoms with Gasteiger partial charge in [-0.3, -0.25) is 14.9 Å². The van der Waals surface area contributed by atoms with Crippen molar-refractivity contribution in [3.05, 3.63) is 58.8 Å². The van der Waals surface area contributed by atoms with Gasteiger partial charge in [0, 0.05) is 30.1 Å². The molecule has 0 bridgehead atoms. The Morgan fingerprint density at radius 3 is 2.88 bits per heavy atom. The zero-order valence-electron chi connectivity index (χ0n) is 14.2. The van der Waals surface area contributed by atoms with E-state index in [0.29, 0.717) is 34.6 Å². The van der Waals surface area contributed by atoms with Crippen molar-refractivity contribution >= 4 is 16.8 Å². The molecule has 3 aromatic rings. The molecule has 1 fully saturated rings. The summed E-state index contributed by atoms with van der Waals surface area (Å²) in [6, 6.07) is 8.11. The maximum atomic E-state index is 13.5. The summed E-state index contributed by atoms with van der Waals surface area (Å²) in [4.78, 5) is 18.9. The third-order valence-electron chi connectivity index (χ3n) is 4.53. The molecule has 0 spiro atoms. The lowest BCUT2D eigenvalue weighted by Crippen LogP contribution is -2.26. The highest BCUT2D eigenvalue weighted by atomic mass is 19.1. The number of nitrogens with one attached hydrogen (secondary N) is 1. The van der Waals surface area contributed by atoms with Crippen LogP contribution in [0.15, 0.2) is 30.3 Å². The standard InChI is InChI=1S/C19H19FN4O/c1-11-7-16(15-6-5-13(20)8-18(15)21-11)19(25)24(2)10-14-9-17(23-22-14)12-3-4-12/h5-9,12H,3-4,10H2,1-2H3,(H,22,23). The van der Waals surface area contributed by atoms with Crippen molar-refractivity contribution < 1.29 is 9.18 Å². The number of aromatic nitrogens is 3. The van der Waals surface area contributed by atoms with Crippen molar-refractivity contribution in [1.82, 2.24) is 20.1 Å². The van der Waals surface area contributed by atoms with Gasteiger partial charge in [-0.25, -0.2) is 4.39 Å². The summed E-state index contributed by atoms with van der Waals surface area (Å²) >= 11 is 0. The summed E-state index contributed by atoms with van der Waals surface area (Å²) in [7, 11) is 1.76. The first-order chi connectivity index (χ1) is 12.0. The highest BCUT2D eigenvalue weighted by Gasteiger charge is 2.26. The molecule has 1 amide bonds. The normalized spacial score (nSPS) is 14.0. The van der Waals surface area contributed by atoms with Crippen LogP contribution in [0.5, 0.6) is 0 Å². The largest absolute Gasteiger partial charge is 0.336 e. The number of halogens is 1. The molecule has 4 rings (SSSR count). The van der Waals surface area contributed by atoms with E-state index in [0.717, 1.165) is 11.4 Å². The van der Waals surface area contributed by atoms with Gasteiger partial charge in [0.05, 0.1) is 29.0 Å². The lowest BCUT2D eigenvalue weighted by atomic mass is 10.1. The minimum Gasteiger partial charge on any atom is -0.336 e. The van der Waals surface area contributed by atoms with E-state index < -0.39 is 0 Å². The molecule has 1 saturated carbocycles. The Labute approximate surface area is 144 Å². The van der Waals surface area contributed by atoms with Crippen LogP contribution in [0.4, 0.5) is 4.39 Å². The number of carbonyl (C=O) groups is 1. The van der Waals surface area contributed by atoms with Gasteiger partial charge in [0.25, 0.3) is 5.91 Å². The van der Waals surface area contributed by atoms with Crippen LogP contribution in [0.1, 0.15) is 46.2 Å². The third kappa shape index (κ3) is 3.12. The number of pyridine rings is 1. The van der Waals surface area contributed by atoms with Gasteiger partial charge in [-0.1, -0.05) is 0 Å². The molecule has 25 heavy (non-hydrogen) atoms. The highest BCUT2D eigenvalue weighted by Crippen LogP contribution is 2.39. The van der Waals surface area contributed by atoms with Crippen molar-refractivity contribution in [1.29, 1.82) is 0 Å². The van der Waals surface area contributed by atoms with Crippen molar-refractivity contribution in [3.63, 3.8) is 0 Å². The van der Waals surface area contributed by atoms with E-state index in [9.17, 15) is 9.18 Å². The van der Waals surface area contributed by atoms with Crippen LogP contribution in [-0.2, 0) is 6.54 Å². The second-order valence-corrected chi connectivity index (χ2v) is 6.73. The second kappa shape index (κ2) is 5.95. The average Bonchev–Trinajstić information content (AvgIpc) is 3.33. The Bertz CT molecular complexity index is 956. The second-order valence-electron chi connectivity index (χ2n) is 6.73. The molecule has 1 aliphatic carbocycles. The van der Waals surface area contributed by atoms with Crippen LogP contribution in [0.3, 0.4) is 0 Å². The van der Waals surface area contributed by atoms with E-state index in [4.69, 9.17) is 0 Å². The number of hydrogen-bond acceptors (Lipinski definition) is 3. The number of benzene rings is 1. The Morgan fingerprint density at radius 1 is 1.32 bits per heavy atom. The number of rotatable bonds is 4. The zero-order chi connectivity index (χ0) is 17.6. The lowest BCUT2D eigenvalue weighted by molar-refractivity contribution is 0.0785. The van der Waals surface area contributed by atoms with E-state index in [1.807, 2.05) is 6.07 Å². The molecule has 0 aliphatic heterocycles. The minimum atomic E-state index is -0.359. The first-order valence-corrected chi connectivity index (χ1v) is 8.38. The lowest BCUT2D eigenvalue weighted by Gasteiger charge is -2.17. The molecule has 6 heteroatoms. The first kappa shape index (κ1) is 15.7. The fraction of sp³-hybridized carbons (Fsp3) is 0.316. The van der Waals surface area contributed by atoms with Crippen LogP contribution in [-0.4, -0.2) is 33.0 Å². The third-order valence-corrected chi connectivity index (χ3v) is 4.53. The van der Waals surface area contributed by atoms with Gasteiger partial charge < -0.3 is 4.90 Å². The van der Waals surface area contributed by atoms with Crippen LogP contribution in [0.25, 0.3) is 10.9 Å². The minimum absolute atomic E-state index is 0.121. The van der Waals surface area contributed by atoms with Crippen LogP contribution in [0.2, 0.25) is 0 Å². The first-order valence-electron chi connectivity index (χ1n) is 8.38. The Balaban J connectivity index is 1.61. The molecule has 128 valence electrons. The summed E-state index contributed by atoms with van der Waals surface area (Å²) < 4.78 is 13.5. The van der Waals surface area contributed by atoms with Gasteiger partial charge in [0.2, 0.25) is 0 Å². The molecule has 0 saturated heterocycles. The van der Waals surface area contributed by atoms with Gasteiger partial charge >= 0.3 is 0 Å². The zero-order valence-corrected chi connectivity index (χ0v) is 14.2. The van der Waals surface area contributed by atoms with E-state index >= 15 is 0 Å². The monoisotopic (exact) mass is 338 g/mol. The predicted molar refractivity (Wildman–Crippen MR) is 92.8 cm³/mol. The number of aryl methyl sites for hydroxylation is 1. The Hall–Kier alpha value is -2.76. The molecule has 1 aliphatic rings. The number of H-pyrrole nitrogens is 1. The molecule has 2 heterocycles. The molecule has 0 atom stereocenters. The number of fused-ring (bicyclic) bond motifs is 1.